The molecule has 0 atom stereocenters. The summed E-state index contributed by atoms with van der Waals surface area (Å²) in [5.74, 6) is 1.80. The monoisotopic (exact) mass is 478 g/mol. The van der Waals surface area contributed by atoms with Crippen LogP contribution in [0.1, 0.15) is 44.0 Å². The lowest BCUT2D eigenvalue weighted by molar-refractivity contribution is 0.0977. The number of benzene rings is 2. The highest BCUT2D eigenvalue weighted by Crippen LogP contribution is 2.26. The van der Waals surface area contributed by atoms with Crippen molar-refractivity contribution >= 4 is 44.9 Å². The van der Waals surface area contributed by atoms with E-state index in [1.807, 2.05) is 24.3 Å². The van der Waals surface area contributed by atoms with Crippen LogP contribution >= 0.6 is 28.1 Å². The van der Waals surface area contributed by atoms with Crippen molar-refractivity contribution in [2.45, 2.75) is 33.6 Å². The summed E-state index contributed by atoms with van der Waals surface area (Å²) in [5.41, 5.74) is 1.26. The first kappa shape index (κ1) is 23.2. The molecule has 0 unspecified atom stereocenters. The van der Waals surface area contributed by atoms with Crippen LogP contribution in [0.4, 0.5) is 5.69 Å². The van der Waals surface area contributed by atoms with Crippen LogP contribution in [-0.2, 0) is 0 Å². The molecule has 0 saturated carbocycles. The van der Waals surface area contributed by atoms with E-state index in [9.17, 15) is 4.79 Å². The second-order valence-electron chi connectivity index (χ2n) is 6.96. The number of hydrogen-bond donors (Lipinski definition) is 2. The van der Waals surface area contributed by atoms with Gasteiger partial charge in [-0.25, -0.2) is 0 Å². The van der Waals surface area contributed by atoms with E-state index in [0.717, 1.165) is 28.8 Å². The molecule has 156 valence electrons. The fourth-order valence-electron chi connectivity index (χ4n) is 2.36. The van der Waals surface area contributed by atoms with E-state index < -0.39 is 0 Å². The van der Waals surface area contributed by atoms with Crippen LogP contribution in [0, 0.1) is 5.92 Å². The first-order chi connectivity index (χ1) is 13.9. The van der Waals surface area contributed by atoms with E-state index >= 15 is 0 Å². The Morgan fingerprint density at radius 3 is 2.45 bits per heavy atom. The molecule has 0 fully saturated rings. The summed E-state index contributed by atoms with van der Waals surface area (Å²) in [5, 5.41) is 5.91. The van der Waals surface area contributed by atoms with Gasteiger partial charge in [-0.1, -0.05) is 20.8 Å². The highest BCUT2D eigenvalue weighted by atomic mass is 79.9. The predicted octanol–water partition coefficient (Wildman–Crippen LogP) is 5.79. The number of anilines is 1. The summed E-state index contributed by atoms with van der Waals surface area (Å²) >= 11 is 8.71. The summed E-state index contributed by atoms with van der Waals surface area (Å²) in [7, 11) is 0. The normalized spacial score (nSPS) is 10.5. The molecule has 2 N–H and O–H groups in total. The Kier molecular flexibility index (Phi) is 9.41. The number of rotatable bonds is 9. The minimum absolute atomic E-state index is 0.227. The zero-order chi connectivity index (χ0) is 21.2. The SMILES string of the molecule is CCCOc1ccc(NC(=S)NC(=O)c2ccc(OCCC(C)C)c(Br)c2)cc1. The van der Waals surface area contributed by atoms with Crippen LogP contribution in [0.25, 0.3) is 0 Å². The number of amides is 1. The van der Waals surface area contributed by atoms with E-state index in [0.29, 0.717) is 30.4 Å². The van der Waals surface area contributed by atoms with Gasteiger partial charge in [0.15, 0.2) is 5.11 Å². The molecule has 0 bridgehead atoms. The molecule has 0 radical (unpaired) electrons. The summed E-state index contributed by atoms with van der Waals surface area (Å²) in [6.07, 6.45) is 1.93. The molecule has 0 aromatic heterocycles. The Balaban J connectivity index is 1.88. The molecule has 0 heterocycles. The van der Waals surface area contributed by atoms with Gasteiger partial charge in [0.1, 0.15) is 11.5 Å². The smallest absolute Gasteiger partial charge is 0.257 e. The van der Waals surface area contributed by atoms with Crippen LogP contribution in [0.5, 0.6) is 11.5 Å². The van der Waals surface area contributed by atoms with Crippen molar-refractivity contribution < 1.29 is 14.3 Å². The standard InChI is InChI=1S/C22H27BrN2O3S/c1-4-12-27-18-8-6-17(7-9-18)24-22(29)25-21(26)16-5-10-20(19(23)14-16)28-13-11-15(2)3/h5-10,14-15H,4,11-13H2,1-3H3,(H2,24,25,26,29). The quantitative estimate of drug-likeness (QED) is 0.446. The minimum atomic E-state index is -0.292. The van der Waals surface area contributed by atoms with Crippen molar-refractivity contribution in [3.8, 4) is 11.5 Å². The summed E-state index contributed by atoms with van der Waals surface area (Å²) < 4.78 is 12.0. The maximum Gasteiger partial charge on any atom is 0.257 e. The van der Waals surface area contributed by atoms with Gasteiger partial charge in [0.25, 0.3) is 5.91 Å². The van der Waals surface area contributed by atoms with E-state index in [1.54, 1.807) is 18.2 Å². The predicted molar refractivity (Wildman–Crippen MR) is 125 cm³/mol. The number of carbonyl (C=O) groups is 1. The lowest BCUT2D eigenvalue weighted by Gasteiger charge is -2.12. The molecule has 0 saturated heterocycles. The Morgan fingerprint density at radius 2 is 1.83 bits per heavy atom. The molecule has 0 aliphatic rings. The molecule has 5 nitrogen and oxygen atoms in total. The van der Waals surface area contributed by atoms with Crippen molar-refractivity contribution in [3.63, 3.8) is 0 Å². The average molecular weight is 479 g/mol. The van der Waals surface area contributed by atoms with Crippen LogP contribution in [-0.4, -0.2) is 24.2 Å². The molecule has 1 amide bonds. The van der Waals surface area contributed by atoms with Gasteiger partial charge >= 0.3 is 0 Å². The maximum absolute atomic E-state index is 12.5. The third kappa shape index (κ3) is 8.03. The Labute approximate surface area is 186 Å². The molecule has 2 aromatic rings. The van der Waals surface area contributed by atoms with Crippen LogP contribution < -0.4 is 20.1 Å². The minimum Gasteiger partial charge on any atom is -0.494 e. The number of nitrogens with one attached hydrogen (secondary N) is 2. The van der Waals surface area contributed by atoms with Gasteiger partial charge in [0.05, 0.1) is 17.7 Å². The van der Waals surface area contributed by atoms with Crippen molar-refractivity contribution in [3.05, 3.63) is 52.5 Å². The first-order valence-electron chi connectivity index (χ1n) is 9.66. The van der Waals surface area contributed by atoms with Crippen molar-refractivity contribution in [2.24, 2.45) is 5.92 Å². The van der Waals surface area contributed by atoms with Crippen molar-refractivity contribution in [1.82, 2.24) is 5.32 Å². The van der Waals surface area contributed by atoms with E-state index in [1.165, 1.54) is 0 Å². The fourth-order valence-corrected chi connectivity index (χ4v) is 3.06. The molecular formula is C22H27BrN2O3S. The fraction of sp³-hybridized carbons (Fsp3) is 0.364. The van der Waals surface area contributed by atoms with Gasteiger partial charge in [0, 0.05) is 11.3 Å². The van der Waals surface area contributed by atoms with Gasteiger partial charge in [-0.15, -0.1) is 0 Å². The largest absolute Gasteiger partial charge is 0.494 e. The van der Waals surface area contributed by atoms with E-state index in [4.69, 9.17) is 21.7 Å². The highest BCUT2D eigenvalue weighted by Gasteiger charge is 2.11. The number of thiocarbonyl (C=S) groups is 1. The third-order valence-corrected chi connectivity index (χ3v) is 4.78. The molecule has 2 aromatic carbocycles. The Bertz CT molecular complexity index is 825. The van der Waals surface area contributed by atoms with Crippen LogP contribution in [0.3, 0.4) is 0 Å². The summed E-state index contributed by atoms with van der Waals surface area (Å²) in [4.78, 5) is 12.5. The second kappa shape index (κ2) is 11.8. The maximum atomic E-state index is 12.5. The van der Waals surface area contributed by atoms with E-state index in [-0.39, 0.29) is 11.0 Å². The molecule has 2 rings (SSSR count). The van der Waals surface area contributed by atoms with Crippen molar-refractivity contribution in [1.29, 1.82) is 0 Å². The molecule has 0 spiro atoms. The summed E-state index contributed by atoms with van der Waals surface area (Å²) in [6, 6.07) is 12.6. The molecule has 0 aliphatic carbocycles. The lowest BCUT2D eigenvalue weighted by atomic mass is 10.1. The topological polar surface area (TPSA) is 59.6 Å². The van der Waals surface area contributed by atoms with E-state index in [2.05, 4.69) is 47.3 Å². The lowest BCUT2D eigenvalue weighted by Crippen LogP contribution is -2.34. The zero-order valence-electron chi connectivity index (χ0n) is 17.0. The molecule has 0 aliphatic heterocycles. The van der Waals surface area contributed by atoms with Crippen LogP contribution in [0.2, 0.25) is 0 Å². The van der Waals surface area contributed by atoms with Gasteiger partial charge in [-0.05, 0) is 89.4 Å². The van der Waals surface area contributed by atoms with Gasteiger partial charge in [-0.3, -0.25) is 10.1 Å². The molecule has 7 heteroatoms. The van der Waals surface area contributed by atoms with Crippen LogP contribution in [0.15, 0.2) is 46.9 Å². The Hall–Kier alpha value is -2.12. The average Bonchev–Trinajstić information content (AvgIpc) is 2.68. The number of carbonyl (C=O) groups excluding carboxylic acids is 1. The number of hydrogen-bond acceptors (Lipinski definition) is 4. The summed E-state index contributed by atoms with van der Waals surface area (Å²) in [6.45, 7) is 7.67. The zero-order valence-corrected chi connectivity index (χ0v) is 19.4. The van der Waals surface area contributed by atoms with Gasteiger partial charge < -0.3 is 14.8 Å². The Morgan fingerprint density at radius 1 is 1.10 bits per heavy atom. The van der Waals surface area contributed by atoms with Gasteiger partial charge in [0.2, 0.25) is 0 Å². The van der Waals surface area contributed by atoms with Gasteiger partial charge in [-0.2, -0.15) is 0 Å². The third-order valence-electron chi connectivity index (χ3n) is 3.96. The highest BCUT2D eigenvalue weighted by molar-refractivity contribution is 9.10. The molecule has 29 heavy (non-hydrogen) atoms. The van der Waals surface area contributed by atoms with Crippen molar-refractivity contribution in [2.75, 3.05) is 18.5 Å². The molecular weight excluding hydrogens is 452 g/mol. The number of halogens is 1. The number of ether oxygens (including phenoxy) is 2. The second-order valence-corrected chi connectivity index (χ2v) is 8.22. The first-order valence-corrected chi connectivity index (χ1v) is 10.9.